The third-order valence-corrected chi connectivity index (χ3v) is 6.50. The fraction of sp³-hybridized carbons (Fsp3) is 0.625. The molecule has 0 unspecified atom stereocenters. The third kappa shape index (κ3) is 5.06. The molecular formula is C24H34N4O4. The second kappa shape index (κ2) is 9.10. The van der Waals surface area contributed by atoms with Crippen LogP contribution in [0.15, 0.2) is 29.1 Å². The number of hydrogen-bond donors (Lipinski definition) is 2. The molecule has 0 spiro atoms. The number of benzene rings is 1. The molecule has 1 aromatic heterocycles. The van der Waals surface area contributed by atoms with Crippen molar-refractivity contribution >= 4 is 23.0 Å². The molecule has 1 aliphatic carbocycles. The highest BCUT2D eigenvalue weighted by Gasteiger charge is 2.32. The Hall–Kier alpha value is -2.61. The van der Waals surface area contributed by atoms with Crippen LogP contribution in [0.5, 0.6) is 0 Å². The number of nitrogens with zero attached hydrogens (tertiary/aromatic N) is 2. The molecule has 8 heteroatoms. The van der Waals surface area contributed by atoms with Gasteiger partial charge in [0.15, 0.2) is 0 Å². The summed E-state index contributed by atoms with van der Waals surface area (Å²) in [5.74, 6) is 0.277. The highest BCUT2D eigenvalue weighted by Crippen LogP contribution is 2.25. The minimum atomic E-state index is -0.490. The number of carbonyl (C=O) groups excluding carboxylic acids is 2. The largest absolute Gasteiger partial charge is 0.381 e. The molecule has 32 heavy (non-hydrogen) atoms. The summed E-state index contributed by atoms with van der Waals surface area (Å²) in [6.07, 6.45) is 4.02. The number of nitrogens with one attached hydrogen (secondary N) is 2. The molecule has 1 atom stereocenters. The number of carbonyl (C=O) groups is 2. The van der Waals surface area contributed by atoms with Gasteiger partial charge in [0.2, 0.25) is 5.91 Å². The maximum absolute atomic E-state index is 13.4. The van der Waals surface area contributed by atoms with Crippen molar-refractivity contribution in [2.24, 2.45) is 11.3 Å². The van der Waals surface area contributed by atoms with Gasteiger partial charge in [0.25, 0.3) is 0 Å². The molecule has 2 aromatic rings. The normalized spacial score (nSPS) is 18.5. The zero-order valence-corrected chi connectivity index (χ0v) is 19.2. The molecule has 4 rings (SSSR count). The van der Waals surface area contributed by atoms with E-state index < -0.39 is 12.1 Å². The summed E-state index contributed by atoms with van der Waals surface area (Å²) in [6.45, 7) is 7.93. The summed E-state index contributed by atoms with van der Waals surface area (Å²) >= 11 is 0. The van der Waals surface area contributed by atoms with E-state index in [0.29, 0.717) is 31.2 Å². The smallest absolute Gasteiger partial charge is 0.337 e. The highest BCUT2D eigenvalue weighted by atomic mass is 16.5. The van der Waals surface area contributed by atoms with Gasteiger partial charge in [-0.1, -0.05) is 32.9 Å². The molecule has 0 radical (unpaired) electrons. The van der Waals surface area contributed by atoms with Crippen LogP contribution >= 0.6 is 0 Å². The molecule has 2 heterocycles. The Labute approximate surface area is 188 Å². The van der Waals surface area contributed by atoms with Gasteiger partial charge in [-0.25, -0.2) is 14.2 Å². The van der Waals surface area contributed by atoms with E-state index in [1.54, 1.807) is 10.6 Å². The van der Waals surface area contributed by atoms with E-state index >= 15 is 0 Å². The van der Waals surface area contributed by atoms with Crippen LogP contribution in [0, 0.1) is 11.3 Å². The van der Waals surface area contributed by atoms with Crippen LogP contribution in [0.25, 0.3) is 11.0 Å². The van der Waals surface area contributed by atoms with Crippen molar-refractivity contribution < 1.29 is 14.3 Å². The first-order valence-electron chi connectivity index (χ1n) is 11.6. The van der Waals surface area contributed by atoms with Crippen molar-refractivity contribution in [3.63, 3.8) is 0 Å². The zero-order chi connectivity index (χ0) is 22.9. The molecule has 174 valence electrons. The Bertz CT molecular complexity index is 1040. The van der Waals surface area contributed by atoms with Crippen molar-refractivity contribution in [1.29, 1.82) is 0 Å². The van der Waals surface area contributed by atoms with Crippen molar-refractivity contribution in [1.82, 2.24) is 19.8 Å². The van der Waals surface area contributed by atoms with Gasteiger partial charge in [-0.15, -0.1) is 0 Å². The van der Waals surface area contributed by atoms with Crippen LogP contribution in [-0.2, 0) is 16.1 Å². The van der Waals surface area contributed by atoms with Crippen LogP contribution in [0.3, 0.4) is 0 Å². The summed E-state index contributed by atoms with van der Waals surface area (Å²) in [7, 11) is 0. The maximum Gasteiger partial charge on any atom is 0.337 e. The van der Waals surface area contributed by atoms with E-state index in [-0.39, 0.29) is 29.5 Å². The summed E-state index contributed by atoms with van der Waals surface area (Å²) in [5, 5.41) is 5.96. The number of rotatable bonds is 6. The first kappa shape index (κ1) is 22.6. The second-order valence-electron chi connectivity index (χ2n) is 10.2. The lowest BCUT2D eigenvalue weighted by molar-refractivity contribution is -0.122. The SMILES string of the molecule is CC(C)(C)[C@@H](CC(=O)NC1CC1)NC(=O)n1c(=O)n(CC2CCOCC2)c2ccccc21. The summed E-state index contributed by atoms with van der Waals surface area (Å²) in [5.41, 5.74) is 0.640. The van der Waals surface area contributed by atoms with Crippen molar-refractivity contribution in [3.8, 4) is 0 Å². The molecule has 0 bridgehead atoms. The fourth-order valence-corrected chi connectivity index (χ4v) is 4.26. The van der Waals surface area contributed by atoms with Gasteiger partial charge in [-0.3, -0.25) is 9.36 Å². The van der Waals surface area contributed by atoms with Gasteiger partial charge in [-0.2, -0.15) is 0 Å². The number of ether oxygens (including phenoxy) is 1. The number of amides is 2. The highest BCUT2D eigenvalue weighted by molar-refractivity contribution is 5.90. The summed E-state index contributed by atoms with van der Waals surface area (Å²) < 4.78 is 8.36. The molecule has 2 N–H and O–H groups in total. The third-order valence-electron chi connectivity index (χ3n) is 6.50. The van der Waals surface area contributed by atoms with Crippen molar-refractivity contribution in [2.75, 3.05) is 13.2 Å². The first-order chi connectivity index (χ1) is 15.2. The quantitative estimate of drug-likeness (QED) is 0.719. The van der Waals surface area contributed by atoms with Crippen molar-refractivity contribution in [2.45, 2.75) is 71.5 Å². The summed E-state index contributed by atoms with van der Waals surface area (Å²) in [6, 6.07) is 6.76. The predicted molar refractivity (Wildman–Crippen MR) is 123 cm³/mol. The lowest BCUT2D eigenvalue weighted by Gasteiger charge is -2.31. The van der Waals surface area contributed by atoms with E-state index in [1.807, 2.05) is 39.0 Å². The van der Waals surface area contributed by atoms with E-state index in [9.17, 15) is 14.4 Å². The average Bonchev–Trinajstić information content (AvgIpc) is 3.51. The molecular weight excluding hydrogens is 408 g/mol. The molecule has 2 amide bonds. The fourth-order valence-electron chi connectivity index (χ4n) is 4.26. The Morgan fingerprint density at radius 3 is 2.38 bits per heavy atom. The number of imidazole rings is 1. The summed E-state index contributed by atoms with van der Waals surface area (Å²) in [4.78, 5) is 39.1. The van der Waals surface area contributed by atoms with Gasteiger partial charge in [0.1, 0.15) is 0 Å². The van der Waals surface area contributed by atoms with Crippen LogP contribution in [0.4, 0.5) is 4.79 Å². The lowest BCUT2D eigenvalue weighted by atomic mass is 9.84. The van der Waals surface area contributed by atoms with Gasteiger partial charge in [0.05, 0.1) is 11.0 Å². The predicted octanol–water partition coefficient (Wildman–Crippen LogP) is 2.87. The van der Waals surface area contributed by atoms with E-state index in [1.165, 1.54) is 4.57 Å². The van der Waals surface area contributed by atoms with Crippen LogP contribution in [0.2, 0.25) is 0 Å². The molecule has 1 saturated heterocycles. The van der Waals surface area contributed by atoms with Crippen LogP contribution < -0.4 is 16.3 Å². The Kier molecular flexibility index (Phi) is 6.42. The molecule has 1 aromatic carbocycles. The maximum atomic E-state index is 13.4. The minimum Gasteiger partial charge on any atom is -0.381 e. The van der Waals surface area contributed by atoms with E-state index in [0.717, 1.165) is 31.2 Å². The molecule has 1 aliphatic heterocycles. The Balaban J connectivity index is 1.59. The minimum absolute atomic E-state index is 0.0676. The number of fused-ring (bicyclic) bond motifs is 1. The van der Waals surface area contributed by atoms with Gasteiger partial charge >= 0.3 is 11.7 Å². The number of hydrogen-bond acceptors (Lipinski definition) is 4. The monoisotopic (exact) mass is 442 g/mol. The first-order valence-corrected chi connectivity index (χ1v) is 11.6. The van der Waals surface area contributed by atoms with Gasteiger partial charge in [0, 0.05) is 38.3 Å². The molecule has 2 aliphatic rings. The zero-order valence-electron chi connectivity index (χ0n) is 19.2. The topological polar surface area (TPSA) is 94.4 Å². The van der Waals surface area contributed by atoms with E-state index in [4.69, 9.17) is 4.74 Å². The second-order valence-corrected chi connectivity index (χ2v) is 10.2. The Morgan fingerprint density at radius 2 is 1.75 bits per heavy atom. The Morgan fingerprint density at radius 1 is 1.09 bits per heavy atom. The molecule has 8 nitrogen and oxygen atoms in total. The lowest BCUT2D eigenvalue weighted by Crippen LogP contribution is -2.50. The molecule has 1 saturated carbocycles. The standard InChI is InChI=1S/C24H34N4O4/c1-24(2,3)20(14-21(29)25-17-8-9-17)26-22(30)28-19-7-5-4-6-18(19)27(23(28)31)15-16-10-12-32-13-11-16/h4-7,16-17,20H,8-15H2,1-3H3,(H,25,29)(H,26,30)/t20-/m1/s1. The van der Waals surface area contributed by atoms with Crippen LogP contribution in [-0.4, -0.2) is 46.4 Å². The van der Waals surface area contributed by atoms with Crippen LogP contribution in [0.1, 0.15) is 52.9 Å². The number of aromatic nitrogens is 2. The number of para-hydroxylation sites is 2. The van der Waals surface area contributed by atoms with Crippen molar-refractivity contribution in [3.05, 3.63) is 34.7 Å². The van der Waals surface area contributed by atoms with E-state index in [2.05, 4.69) is 10.6 Å². The van der Waals surface area contributed by atoms with Gasteiger partial charge in [-0.05, 0) is 49.1 Å². The average molecular weight is 443 g/mol. The molecule has 2 fully saturated rings. The van der Waals surface area contributed by atoms with Gasteiger partial charge < -0.3 is 15.4 Å².